The third-order valence-electron chi connectivity index (χ3n) is 2.35. The molecule has 6 nitrogen and oxygen atoms in total. The van der Waals surface area contributed by atoms with Gasteiger partial charge in [-0.1, -0.05) is 0 Å². The van der Waals surface area contributed by atoms with Crippen LogP contribution >= 0.6 is 0 Å². The van der Waals surface area contributed by atoms with E-state index >= 15 is 0 Å². The third kappa shape index (κ3) is 1.98. The zero-order valence-electron chi connectivity index (χ0n) is 7.04. The summed E-state index contributed by atoms with van der Waals surface area (Å²) in [6, 6.07) is -1.42. The summed E-state index contributed by atoms with van der Waals surface area (Å²) in [5.41, 5.74) is 0. The Labute approximate surface area is 75.4 Å². The smallest absolute Gasteiger partial charge is 0.109 e. The second kappa shape index (κ2) is 4.32. The Hall–Kier alpha value is -0.240. The Morgan fingerprint density at radius 3 is 1.46 bits per heavy atom. The van der Waals surface area contributed by atoms with Gasteiger partial charge in [0.1, 0.15) is 6.10 Å². The summed E-state index contributed by atoms with van der Waals surface area (Å²) >= 11 is 0. The third-order valence-corrected chi connectivity index (χ3v) is 2.35. The highest BCUT2D eigenvalue weighted by molar-refractivity contribution is 4.97. The molecule has 0 aliphatic carbocycles. The van der Waals surface area contributed by atoms with Gasteiger partial charge in [0.05, 0.1) is 37.5 Å². The van der Waals surface area contributed by atoms with Crippen LogP contribution < -0.4 is 5.32 Å². The molecule has 0 aromatic heterocycles. The van der Waals surface area contributed by atoms with Crippen LogP contribution in [-0.4, -0.2) is 69.1 Å². The lowest BCUT2D eigenvalue weighted by atomic mass is 9.91. The molecular formula is C7H15NO5. The summed E-state index contributed by atoms with van der Waals surface area (Å²) in [5, 5.41) is 48.1. The molecule has 5 atom stereocenters. The van der Waals surface area contributed by atoms with Gasteiger partial charge in [0.15, 0.2) is 0 Å². The fourth-order valence-electron chi connectivity index (χ4n) is 1.47. The molecular weight excluding hydrogens is 178 g/mol. The zero-order valence-corrected chi connectivity index (χ0v) is 7.04. The SMILES string of the molecule is OC[C@H]1N[C@H](CO)[C@@H](O)C(O)[C@H]1O. The minimum Gasteiger partial charge on any atom is -0.395 e. The maximum absolute atomic E-state index is 9.31. The molecule has 0 spiro atoms. The van der Waals surface area contributed by atoms with Gasteiger partial charge in [-0.15, -0.1) is 0 Å². The van der Waals surface area contributed by atoms with E-state index in [1.54, 1.807) is 0 Å². The first-order valence-corrected chi connectivity index (χ1v) is 4.13. The molecule has 1 saturated heterocycles. The summed E-state index contributed by atoms with van der Waals surface area (Å²) in [6.45, 7) is -0.719. The van der Waals surface area contributed by atoms with E-state index in [1.165, 1.54) is 0 Å². The van der Waals surface area contributed by atoms with Crippen LogP contribution in [0.15, 0.2) is 0 Å². The number of hydrogen-bond acceptors (Lipinski definition) is 6. The topological polar surface area (TPSA) is 113 Å². The van der Waals surface area contributed by atoms with Gasteiger partial charge >= 0.3 is 0 Å². The van der Waals surface area contributed by atoms with Crippen molar-refractivity contribution in [1.29, 1.82) is 0 Å². The van der Waals surface area contributed by atoms with Crippen LogP contribution in [-0.2, 0) is 0 Å². The maximum Gasteiger partial charge on any atom is 0.109 e. The molecule has 1 heterocycles. The van der Waals surface area contributed by atoms with Gasteiger partial charge in [-0.05, 0) is 0 Å². The lowest BCUT2D eigenvalue weighted by molar-refractivity contribution is -0.125. The lowest BCUT2D eigenvalue weighted by Crippen LogP contribution is -2.66. The van der Waals surface area contributed by atoms with Gasteiger partial charge in [-0.2, -0.15) is 0 Å². The second-order valence-electron chi connectivity index (χ2n) is 3.22. The van der Waals surface area contributed by atoms with Crippen LogP contribution in [0.5, 0.6) is 0 Å². The number of piperidine rings is 1. The molecule has 1 aliphatic rings. The first-order chi connectivity index (χ1) is 6.11. The Kier molecular flexibility index (Phi) is 3.60. The summed E-state index contributed by atoms with van der Waals surface area (Å²) in [4.78, 5) is 0. The van der Waals surface area contributed by atoms with Crippen LogP contribution in [0.1, 0.15) is 0 Å². The molecule has 0 amide bonds. The average molecular weight is 193 g/mol. The predicted molar refractivity (Wildman–Crippen MR) is 42.9 cm³/mol. The fraction of sp³-hybridized carbons (Fsp3) is 1.00. The number of aliphatic hydroxyl groups excluding tert-OH is 5. The summed E-state index contributed by atoms with van der Waals surface area (Å²) in [7, 11) is 0. The van der Waals surface area contributed by atoms with Crippen molar-refractivity contribution < 1.29 is 25.5 Å². The quantitative estimate of drug-likeness (QED) is 0.270. The van der Waals surface area contributed by atoms with Gasteiger partial charge in [0.25, 0.3) is 0 Å². The van der Waals surface area contributed by atoms with Crippen LogP contribution in [0, 0.1) is 0 Å². The minimum atomic E-state index is -1.34. The molecule has 1 aliphatic heterocycles. The van der Waals surface area contributed by atoms with Crippen LogP contribution in [0.3, 0.4) is 0 Å². The molecule has 0 aromatic rings. The molecule has 13 heavy (non-hydrogen) atoms. The number of hydrogen-bond donors (Lipinski definition) is 6. The van der Waals surface area contributed by atoms with Crippen LogP contribution in [0.4, 0.5) is 0 Å². The molecule has 6 heteroatoms. The normalized spacial score (nSPS) is 46.4. The van der Waals surface area contributed by atoms with E-state index in [9.17, 15) is 15.3 Å². The first-order valence-electron chi connectivity index (χ1n) is 4.13. The largest absolute Gasteiger partial charge is 0.395 e. The van der Waals surface area contributed by atoms with Gasteiger partial charge in [0, 0.05) is 0 Å². The monoisotopic (exact) mass is 193 g/mol. The summed E-state index contributed by atoms with van der Waals surface area (Å²) in [6.07, 6.45) is -3.78. The highest BCUT2D eigenvalue weighted by Gasteiger charge is 2.41. The Morgan fingerprint density at radius 1 is 0.769 bits per heavy atom. The first kappa shape index (κ1) is 10.8. The molecule has 1 fully saturated rings. The highest BCUT2D eigenvalue weighted by atomic mass is 16.4. The molecule has 0 radical (unpaired) electrons. The van der Waals surface area contributed by atoms with Crippen molar-refractivity contribution in [3.8, 4) is 0 Å². The second-order valence-corrected chi connectivity index (χ2v) is 3.22. The lowest BCUT2D eigenvalue weighted by Gasteiger charge is -2.40. The average Bonchev–Trinajstić information content (AvgIpc) is 2.15. The minimum absolute atomic E-state index is 0.360. The number of aliphatic hydroxyl groups is 5. The van der Waals surface area contributed by atoms with Crippen molar-refractivity contribution in [1.82, 2.24) is 5.32 Å². The Balaban J connectivity index is 2.66. The van der Waals surface area contributed by atoms with Gasteiger partial charge in [0.2, 0.25) is 0 Å². The molecule has 6 N–H and O–H groups in total. The van der Waals surface area contributed by atoms with E-state index in [-0.39, 0.29) is 13.2 Å². The van der Waals surface area contributed by atoms with E-state index < -0.39 is 30.4 Å². The van der Waals surface area contributed by atoms with E-state index in [0.717, 1.165) is 0 Å². The van der Waals surface area contributed by atoms with Gasteiger partial charge < -0.3 is 30.8 Å². The van der Waals surface area contributed by atoms with Crippen LogP contribution in [0.25, 0.3) is 0 Å². The van der Waals surface area contributed by atoms with Crippen molar-refractivity contribution in [3.05, 3.63) is 0 Å². The van der Waals surface area contributed by atoms with E-state index in [4.69, 9.17) is 10.2 Å². The van der Waals surface area contributed by atoms with Crippen molar-refractivity contribution in [2.45, 2.75) is 30.4 Å². The molecule has 0 aromatic carbocycles. The number of rotatable bonds is 2. The summed E-state index contributed by atoms with van der Waals surface area (Å²) in [5.74, 6) is 0. The van der Waals surface area contributed by atoms with E-state index in [2.05, 4.69) is 5.32 Å². The van der Waals surface area contributed by atoms with E-state index in [1.807, 2.05) is 0 Å². The zero-order chi connectivity index (χ0) is 10.0. The van der Waals surface area contributed by atoms with Crippen molar-refractivity contribution in [3.63, 3.8) is 0 Å². The van der Waals surface area contributed by atoms with Crippen molar-refractivity contribution in [2.75, 3.05) is 13.2 Å². The van der Waals surface area contributed by atoms with E-state index in [0.29, 0.717) is 0 Å². The van der Waals surface area contributed by atoms with Gasteiger partial charge in [-0.25, -0.2) is 0 Å². The van der Waals surface area contributed by atoms with Crippen molar-refractivity contribution >= 4 is 0 Å². The molecule has 1 unspecified atom stereocenters. The van der Waals surface area contributed by atoms with Crippen molar-refractivity contribution in [2.24, 2.45) is 0 Å². The van der Waals surface area contributed by atoms with Gasteiger partial charge in [-0.3, -0.25) is 0 Å². The summed E-state index contributed by atoms with van der Waals surface area (Å²) < 4.78 is 0. The molecule has 1 rings (SSSR count). The maximum atomic E-state index is 9.31. The fourth-order valence-corrected chi connectivity index (χ4v) is 1.47. The molecule has 78 valence electrons. The highest BCUT2D eigenvalue weighted by Crippen LogP contribution is 2.14. The van der Waals surface area contributed by atoms with Crippen LogP contribution in [0.2, 0.25) is 0 Å². The number of nitrogens with one attached hydrogen (secondary N) is 1. The molecule has 0 bridgehead atoms. The standard InChI is InChI=1S/C7H15NO5/c9-1-3-5(11)7(13)6(12)4(2-10)8-3/h3-13H,1-2H2/t3-,4-,5-,6+,7?/m1/s1. The Bertz CT molecular complexity index is 147. The predicted octanol–water partition coefficient (Wildman–Crippen LogP) is -3.61. The molecule has 0 saturated carbocycles. The Morgan fingerprint density at radius 2 is 1.15 bits per heavy atom.